The summed E-state index contributed by atoms with van der Waals surface area (Å²) in [6.45, 7) is 29.3. The second kappa shape index (κ2) is 8.76. The molecule has 28 heavy (non-hydrogen) atoms. The molecule has 3 nitrogen and oxygen atoms in total. The molecular formula is C25H50O3. The zero-order chi connectivity index (χ0) is 22.8. The molecule has 0 aromatic carbocycles. The van der Waals surface area contributed by atoms with Crippen molar-refractivity contribution >= 4 is 5.78 Å². The molecule has 0 radical (unpaired) electrons. The van der Waals surface area contributed by atoms with E-state index in [1.54, 1.807) is 0 Å². The molecule has 0 saturated carbocycles. The Labute approximate surface area is 176 Å². The van der Waals surface area contributed by atoms with E-state index >= 15 is 0 Å². The third-order valence-electron chi connectivity index (χ3n) is 5.67. The first-order chi connectivity index (χ1) is 12.1. The smallest absolute Gasteiger partial charge is 0.170 e. The fourth-order valence-corrected chi connectivity index (χ4v) is 4.95. The molecule has 0 rings (SSSR count). The van der Waals surface area contributed by atoms with Crippen molar-refractivity contribution in [2.75, 3.05) is 0 Å². The van der Waals surface area contributed by atoms with Crippen LogP contribution in [0, 0.1) is 10.8 Å². The predicted molar refractivity (Wildman–Crippen MR) is 121 cm³/mol. The molecule has 0 aliphatic carbocycles. The summed E-state index contributed by atoms with van der Waals surface area (Å²) in [5, 5.41) is 0. The molecular weight excluding hydrogens is 348 g/mol. The number of Topliss-reactive ketones (excluding diaryl/α,β-unsaturated/α-hetero) is 1. The average Bonchev–Trinajstić information content (AvgIpc) is 2.40. The summed E-state index contributed by atoms with van der Waals surface area (Å²) in [6, 6.07) is 0. The van der Waals surface area contributed by atoms with Crippen LogP contribution in [0.1, 0.15) is 123 Å². The standard InChI is InChI=1S/C25H50O3/c1-15-21(6,7)17-22(8,9)28-24(12,13)19(26)25(14,16-2)18-23(10,11)27-20(3,4)5/h15-18H2,1-14H3. The van der Waals surface area contributed by atoms with Crippen LogP contribution in [0.5, 0.6) is 0 Å². The first kappa shape index (κ1) is 27.6. The highest BCUT2D eigenvalue weighted by Gasteiger charge is 2.48. The molecule has 1 unspecified atom stereocenters. The van der Waals surface area contributed by atoms with Gasteiger partial charge in [0.15, 0.2) is 5.78 Å². The molecule has 0 aromatic heterocycles. The van der Waals surface area contributed by atoms with E-state index in [2.05, 4.69) is 83.1 Å². The zero-order valence-corrected chi connectivity index (χ0v) is 21.6. The minimum atomic E-state index is -0.851. The monoisotopic (exact) mass is 398 g/mol. The van der Waals surface area contributed by atoms with Crippen LogP contribution in [-0.2, 0) is 14.3 Å². The van der Waals surface area contributed by atoms with Crippen LogP contribution in [0.2, 0.25) is 0 Å². The molecule has 3 heteroatoms. The molecule has 0 N–H and O–H groups in total. The first-order valence-electron chi connectivity index (χ1n) is 11.1. The van der Waals surface area contributed by atoms with Crippen LogP contribution in [0.15, 0.2) is 0 Å². The number of hydrogen-bond acceptors (Lipinski definition) is 3. The van der Waals surface area contributed by atoms with Gasteiger partial charge in [0.1, 0.15) is 5.60 Å². The Morgan fingerprint density at radius 3 is 1.43 bits per heavy atom. The van der Waals surface area contributed by atoms with Gasteiger partial charge in [-0.1, -0.05) is 41.0 Å². The van der Waals surface area contributed by atoms with Gasteiger partial charge in [0.25, 0.3) is 0 Å². The lowest BCUT2D eigenvalue weighted by Crippen LogP contribution is -2.52. The number of ketones is 1. The van der Waals surface area contributed by atoms with Gasteiger partial charge in [-0.15, -0.1) is 0 Å². The third-order valence-corrected chi connectivity index (χ3v) is 5.67. The molecule has 0 saturated heterocycles. The lowest BCUT2D eigenvalue weighted by molar-refractivity contribution is -0.181. The predicted octanol–water partition coefficient (Wildman–Crippen LogP) is 7.36. The maximum absolute atomic E-state index is 13.7. The summed E-state index contributed by atoms with van der Waals surface area (Å²) >= 11 is 0. The van der Waals surface area contributed by atoms with Crippen molar-refractivity contribution in [2.45, 2.75) is 145 Å². The van der Waals surface area contributed by atoms with Gasteiger partial charge >= 0.3 is 0 Å². The molecule has 0 aliphatic rings. The summed E-state index contributed by atoms with van der Waals surface area (Å²) in [5.41, 5.74) is -2.19. The van der Waals surface area contributed by atoms with Gasteiger partial charge in [-0.05, 0) is 87.0 Å². The molecule has 0 aliphatic heterocycles. The Kier molecular flexibility index (Phi) is 8.63. The largest absolute Gasteiger partial charge is 0.370 e. The summed E-state index contributed by atoms with van der Waals surface area (Å²) in [4.78, 5) is 13.7. The second-order valence-corrected chi connectivity index (χ2v) is 12.5. The van der Waals surface area contributed by atoms with Gasteiger partial charge in [0.2, 0.25) is 0 Å². The van der Waals surface area contributed by atoms with Crippen LogP contribution in [0.3, 0.4) is 0 Å². The quantitative estimate of drug-likeness (QED) is 0.365. The van der Waals surface area contributed by atoms with Crippen molar-refractivity contribution in [3.63, 3.8) is 0 Å². The highest BCUT2D eigenvalue weighted by molar-refractivity contribution is 5.91. The highest BCUT2D eigenvalue weighted by atomic mass is 16.5. The molecule has 168 valence electrons. The molecule has 1 atom stereocenters. The fourth-order valence-electron chi connectivity index (χ4n) is 4.95. The van der Waals surface area contributed by atoms with Crippen molar-refractivity contribution in [2.24, 2.45) is 10.8 Å². The number of carbonyl (C=O) groups is 1. The molecule has 0 fully saturated rings. The van der Waals surface area contributed by atoms with Gasteiger partial charge in [-0.2, -0.15) is 0 Å². The Morgan fingerprint density at radius 2 is 1.07 bits per heavy atom. The summed E-state index contributed by atoms with van der Waals surface area (Å²) in [6.07, 6.45) is 3.42. The maximum Gasteiger partial charge on any atom is 0.170 e. The van der Waals surface area contributed by atoms with Crippen molar-refractivity contribution < 1.29 is 14.3 Å². The van der Waals surface area contributed by atoms with Crippen LogP contribution in [0.25, 0.3) is 0 Å². The van der Waals surface area contributed by atoms with Gasteiger partial charge < -0.3 is 9.47 Å². The van der Waals surface area contributed by atoms with E-state index < -0.39 is 16.6 Å². The lowest BCUT2D eigenvalue weighted by atomic mass is 9.70. The number of hydrogen-bond donors (Lipinski definition) is 0. The molecule has 0 amide bonds. The van der Waals surface area contributed by atoms with E-state index in [4.69, 9.17) is 9.47 Å². The topological polar surface area (TPSA) is 35.5 Å². The van der Waals surface area contributed by atoms with E-state index in [1.165, 1.54) is 0 Å². The second-order valence-electron chi connectivity index (χ2n) is 12.5. The van der Waals surface area contributed by atoms with E-state index in [0.717, 1.165) is 19.3 Å². The molecule has 0 heterocycles. The fraction of sp³-hybridized carbons (Fsp3) is 0.960. The Hall–Kier alpha value is -0.410. The van der Waals surface area contributed by atoms with E-state index in [1.807, 2.05) is 13.8 Å². The van der Waals surface area contributed by atoms with Crippen molar-refractivity contribution in [1.82, 2.24) is 0 Å². The van der Waals surface area contributed by atoms with Gasteiger partial charge in [0.05, 0.1) is 16.8 Å². The lowest BCUT2D eigenvalue weighted by Gasteiger charge is -2.45. The number of ether oxygens (including phenoxy) is 2. The van der Waals surface area contributed by atoms with Gasteiger partial charge in [-0.25, -0.2) is 0 Å². The van der Waals surface area contributed by atoms with Crippen LogP contribution in [-0.4, -0.2) is 28.2 Å². The van der Waals surface area contributed by atoms with Crippen LogP contribution < -0.4 is 0 Å². The van der Waals surface area contributed by atoms with Gasteiger partial charge in [-0.3, -0.25) is 4.79 Å². The minimum absolute atomic E-state index is 0.162. The highest BCUT2D eigenvalue weighted by Crippen LogP contribution is 2.42. The molecule has 0 aromatic rings. The summed E-state index contributed by atoms with van der Waals surface area (Å²) in [5.74, 6) is 0.162. The number of carbonyl (C=O) groups excluding carboxylic acids is 1. The third kappa shape index (κ3) is 8.95. The zero-order valence-electron chi connectivity index (χ0n) is 21.6. The average molecular weight is 399 g/mol. The van der Waals surface area contributed by atoms with E-state index in [9.17, 15) is 4.79 Å². The molecule has 0 spiro atoms. The van der Waals surface area contributed by atoms with E-state index in [-0.39, 0.29) is 22.4 Å². The normalized spacial score (nSPS) is 16.8. The first-order valence-corrected chi connectivity index (χ1v) is 11.1. The Bertz CT molecular complexity index is 520. The minimum Gasteiger partial charge on any atom is -0.370 e. The summed E-state index contributed by atoms with van der Waals surface area (Å²) < 4.78 is 12.8. The van der Waals surface area contributed by atoms with Gasteiger partial charge in [0, 0.05) is 5.41 Å². The number of rotatable bonds is 11. The van der Waals surface area contributed by atoms with Crippen LogP contribution >= 0.6 is 0 Å². The molecule has 0 bridgehead atoms. The summed E-state index contributed by atoms with van der Waals surface area (Å²) in [7, 11) is 0. The van der Waals surface area contributed by atoms with Crippen LogP contribution in [0.4, 0.5) is 0 Å². The SMILES string of the molecule is CCC(C)(C)CC(C)(C)OC(C)(C)C(=O)C(C)(CC)CC(C)(C)OC(C)(C)C. The Morgan fingerprint density at radius 1 is 0.643 bits per heavy atom. The Balaban J connectivity index is 5.56. The van der Waals surface area contributed by atoms with Crippen molar-refractivity contribution in [1.29, 1.82) is 0 Å². The van der Waals surface area contributed by atoms with Crippen molar-refractivity contribution in [3.05, 3.63) is 0 Å². The van der Waals surface area contributed by atoms with Crippen molar-refractivity contribution in [3.8, 4) is 0 Å². The van der Waals surface area contributed by atoms with E-state index in [0.29, 0.717) is 6.42 Å². The maximum atomic E-state index is 13.7.